The summed E-state index contributed by atoms with van der Waals surface area (Å²) in [6.45, 7) is -0.535. The van der Waals surface area contributed by atoms with E-state index in [9.17, 15) is 34.8 Å². The van der Waals surface area contributed by atoms with Crippen molar-refractivity contribution in [3.05, 3.63) is 0 Å². The van der Waals surface area contributed by atoms with Crippen LogP contribution in [0.2, 0.25) is 0 Å². The van der Waals surface area contributed by atoms with E-state index in [1.54, 1.807) is 0 Å². The van der Waals surface area contributed by atoms with Crippen LogP contribution in [0.15, 0.2) is 0 Å². The van der Waals surface area contributed by atoms with Gasteiger partial charge in [0, 0.05) is 0 Å². The van der Waals surface area contributed by atoms with Crippen molar-refractivity contribution in [2.45, 2.75) is 63.0 Å². The second kappa shape index (κ2) is 10.3. The van der Waals surface area contributed by atoms with Crippen LogP contribution in [0.25, 0.3) is 0 Å². The molecule has 0 aliphatic rings. The molecule has 1 N–H and O–H groups in total. The summed E-state index contributed by atoms with van der Waals surface area (Å²) in [7, 11) is -4.90. The molecule has 0 aliphatic heterocycles. The van der Waals surface area contributed by atoms with Gasteiger partial charge in [0.1, 0.15) is 11.9 Å². The lowest BCUT2D eigenvalue weighted by Gasteiger charge is -2.22. The first-order valence-corrected chi connectivity index (χ1v) is 8.42. The van der Waals surface area contributed by atoms with E-state index in [4.69, 9.17) is 4.55 Å². The fraction of sp³-hybridized carbons (Fsp3) is 1.00. The molecule has 0 radical (unpaired) electrons. The average molecular weight is 358 g/mol. The summed E-state index contributed by atoms with van der Waals surface area (Å²) in [5.74, 6) is -1.73. The Bertz CT molecular complexity index is 394. The van der Waals surface area contributed by atoms with Gasteiger partial charge in [0.05, 0.1) is 6.67 Å². The van der Waals surface area contributed by atoms with Crippen molar-refractivity contribution in [2.24, 2.45) is 0 Å². The van der Waals surface area contributed by atoms with Gasteiger partial charge in [-0.25, -0.2) is 22.0 Å². The van der Waals surface area contributed by atoms with Gasteiger partial charge in [-0.3, -0.25) is 8.94 Å². The van der Waals surface area contributed by atoms with Crippen LogP contribution < -0.4 is 0 Å². The molecule has 0 aliphatic carbocycles. The van der Waals surface area contributed by atoms with Crippen molar-refractivity contribution in [2.75, 3.05) is 12.4 Å². The van der Waals surface area contributed by atoms with E-state index in [1.807, 2.05) is 0 Å². The Morgan fingerprint density at radius 2 is 1.27 bits per heavy atom. The molecule has 0 saturated heterocycles. The third-order valence-corrected chi connectivity index (χ3v) is 3.77. The zero-order valence-electron chi connectivity index (χ0n) is 11.8. The second-order valence-electron chi connectivity index (χ2n) is 5.01. The van der Waals surface area contributed by atoms with E-state index in [0.717, 1.165) is 0 Å². The molecule has 0 bridgehead atoms. The lowest BCUT2D eigenvalue weighted by Crippen LogP contribution is -2.41. The first-order valence-electron chi connectivity index (χ1n) is 6.81. The lowest BCUT2D eigenvalue weighted by atomic mass is 10.0. The van der Waals surface area contributed by atoms with Crippen LogP contribution in [0.4, 0.5) is 26.3 Å². The standard InChI is InChI=1S/C12H20F6O3S/c13-6-4-2-1-3-5-8(14)10(16)12(18)11(17)9(15)7-22(19,20)21/h8-12H,1-7H2,(H,19,20,21). The van der Waals surface area contributed by atoms with Crippen LogP contribution in [0.3, 0.4) is 0 Å². The van der Waals surface area contributed by atoms with E-state index >= 15 is 0 Å². The molecule has 3 nitrogen and oxygen atoms in total. The van der Waals surface area contributed by atoms with Crippen molar-refractivity contribution in [3.63, 3.8) is 0 Å². The molecular formula is C12H20F6O3S. The highest BCUT2D eigenvalue weighted by molar-refractivity contribution is 7.85. The molecule has 0 fully saturated rings. The highest BCUT2D eigenvalue weighted by Gasteiger charge is 2.41. The van der Waals surface area contributed by atoms with E-state index in [0.29, 0.717) is 12.8 Å². The first kappa shape index (κ1) is 21.5. The SMILES string of the molecule is O=S(=O)(O)CC(F)C(F)C(F)C(F)C(F)CCCCCCF. The van der Waals surface area contributed by atoms with Gasteiger partial charge >= 0.3 is 0 Å². The van der Waals surface area contributed by atoms with Gasteiger partial charge in [-0.05, 0) is 12.8 Å². The third-order valence-electron chi connectivity index (χ3n) is 3.03. The topological polar surface area (TPSA) is 54.4 Å². The summed E-state index contributed by atoms with van der Waals surface area (Å²) in [6, 6.07) is 0. The molecule has 0 rings (SSSR count). The largest absolute Gasteiger partial charge is 0.285 e. The average Bonchev–Trinajstić information content (AvgIpc) is 2.42. The van der Waals surface area contributed by atoms with Gasteiger partial charge in [-0.2, -0.15) is 8.42 Å². The van der Waals surface area contributed by atoms with Gasteiger partial charge in [0.15, 0.2) is 24.7 Å². The highest BCUT2D eigenvalue weighted by atomic mass is 32.2. The maximum Gasteiger partial charge on any atom is 0.267 e. The van der Waals surface area contributed by atoms with E-state index in [-0.39, 0.29) is 12.8 Å². The monoisotopic (exact) mass is 358 g/mol. The number of halogens is 6. The summed E-state index contributed by atoms with van der Waals surface area (Å²) < 4.78 is 107. The molecule has 5 atom stereocenters. The first-order chi connectivity index (χ1) is 10.1. The smallest absolute Gasteiger partial charge is 0.267 e. The molecule has 0 spiro atoms. The molecule has 0 amide bonds. The summed E-state index contributed by atoms with van der Waals surface area (Å²) >= 11 is 0. The minimum Gasteiger partial charge on any atom is -0.285 e. The third kappa shape index (κ3) is 8.82. The zero-order valence-corrected chi connectivity index (χ0v) is 12.6. The highest BCUT2D eigenvalue weighted by Crippen LogP contribution is 2.24. The fourth-order valence-corrected chi connectivity index (χ4v) is 2.40. The number of unbranched alkanes of at least 4 members (excludes halogenated alkanes) is 3. The predicted octanol–water partition coefficient (Wildman–Crippen LogP) is 3.48. The van der Waals surface area contributed by atoms with Gasteiger partial charge < -0.3 is 0 Å². The second-order valence-corrected chi connectivity index (χ2v) is 6.50. The van der Waals surface area contributed by atoms with E-state index < -0.39 is 59.8 Å². The molecule has 0 saturated carbocycles. The van der Waals surface area contributed by atoms with Gasteiger partial charge in [0.25, 0.3) is 10.1 Å². The maximum absolute atomic E-state index is 13.4. The van der Waals surface area contributed by atoms with Crippen LogP contribution in [-0.4, -0.2) is 56.3 Å². The molecule has 0 aromatic carbocycles. The fourth-order valence-electron chi connectivity index (χ4n) is 1.81. The Labute approximate surface area is 125 Å². The summed E-state index contributed by atoms with van der Waals surface area (Å²) in [5.41, 5.74) is 0. The van der Waals surface area contributed by atoms with Crippen molar-refractivity contribution in [1.82, 2.24) is 0 Å². The summed E-state index contributed by atoms with van der Waals surface area (Å²) in [4.78, 5) is 0. The van der Waals surface area contributed by atoms with Gasteiger partial charge in [-0.1, -0.05) is 19.3 Å². The maximum atomic E-state index is 13.4. The molecule has 22 heavy (non-hydrogen) atoms. The predicted molar refractivity (Wildman–Crippen MR) is 70.0 cm³/mol. The Balaban J connectivity index is 4.29. The van der Waals surface area contributed by atoms with Crippen LogP contribution in [0.1, 0.15) is 32.1 Å². The Kier molecular flexibility index (Phi) is 10.1. The number of alkyl halides is 6. The van der Waals surface area contributed by atoms with Crippen LogP contribution in [-0.2, 0) is 10.1 Å². The van der Waals surface area contributed by atoms with Crippen LogP contribution >= 0.6 is 0 Å². The molecular weight excluding hydrogens is 338 g/mol. The minimum atomic E-state index is -4.90. The van der Waals surface area contributed by atoms with Crippen LogP contribution in [0, 0.1) is 0 Å². The van der Waals surface area contributed by atoms with Gasteiger partial charge in [-0.15, -0.1) is 0 Å². The van der Waals surface area contributed by atoms with Crippen molar-refractivity contribution < 1.29 is 39.3 Å². The molecule has 10 heteroatoms. The summed E-state index contributed by atoms with van der Waals surface area (Å²) in [5, 5.41) is 0. The van der Waals surface area contributed by atoms with Crippen LogP contribution in [0.5, 0.6) is 0 Å². The Morgan fingerprint density at radius 3 is 1.77 bits per heavy atom. The molecule has 134 valence electrons. The van der Waals surface area contributed by atoms with E-state index in [2.05, 4.69) is 0 Å². The van der Waals surface area contributed by atoms with Crippen molar-refractivity contribution in [1.29, 1.82) is 0 Å². The minimum absolute atomic E-state index is 0.134. The number of hydrogen-bond acceptors (Lipinski definition) is 2. The lowest BCUT2D eigenvalue weighted by molar-refractivity contribution is 0.00347. The number of rotatable bonds is 12. The molecule has 0 heterocycles. The quantitative estimate of drug-likeness (QED) is 0.330. The van der Waals surface area contributed by atoms with Gasteiger partial charge in [0.2, 0.25) is 0 Å². The number of hydrogen-bond donors (Lipinski definition) is 1. The Morgan fingerprint density at radius 1 is 0.773 bits per heavy atom. The zero-order chi connectivity index (χ0) is 17.3. The summed E-state index contributed by atoms with van der Waals surface area (Å²) in [6.07, 6.45) is -13.9. The normalized spacial score (nSPS) is 19.4. The van der Waals surface area contributed by atoms with E-state index in [1.165, 1.54) is 0 Å². The molecule has 0 aromatic rings. The van der Waals surface area contributed by atoms with Crippen molar-refractivity contribution in [3.8, 4) is 0 Å². The Hall–Kier alpha value is -0.510. The molecule has 5 unspecified atom stereocenters. The molecule has 0 aromatic heterocycles. The van der Waals surface area contributed by atoms with Crippen molar-refractivity contribution >= 4 is 10.1 Å².